The molecule has 158 valence electrons. The largest absolute Gasteiger partial charge is 0.336 e. The summed E-state index contributed by atoms with van der Waals surface area (Å²) in [4.78, 5) is 16.0. The van der Waals surface area contributed by atoms with E-state index in [1.165, 1.54) is 17.7 Å². The van der Waals surface area contributed by atoms with Crippen molar-refractivity contribution in [2.75, 3.05) is 27.2 Å². The van der Waals surface area contributed by atoms with Gasteiger partial charge in [-0.25, -0.2) is 0 Å². The number of carbonyl (C=O) groups excluding carboxylic acids is 1. The second-order valence-corrected chi connectivity index (χ2v) is 8.99. The molecular weight excluding hydrogens is 388 g/mol. The zero-order chi connectivity index (χ0) is 21.7. The number of amides is 1. The van der Waals surface area contributed by atoms with E-state index in [1.807, 2.05) is 24.9 Å². The number of rotatable bonds is 3. The molecule has 0 spiro atoms. The summed E-state index contributed by atoms with van der Waals surface area (Å²) in [5, 5.41) is 0. The van der Waals surface area contributed by atoms with Crippen molar-refractivity contribution in [2.45, 2.75) is 37.1 Å². The molecule has 1 aliphatic rings. The van der Waals surface area contributed by atoms with Crippen molar-refractivity contribution in [1.82, 2.24) is 9.80 Å². The lowest BCUT2D eigenvalue weighted by Crippen LogP contribution is -2.52. The molecule has 0 radical (unpaired) electrons. The molecular formula is C22H30N2O4S. The summed E-state index contributed by atoms with van der Waals surface area (Å²) in [5.41, 5.74) is 2.09. The van der Waals surface area contributed by atoms with E-state index in [9.17, 15) is 13.2 Å². The molecule has 3 rings (SSSR count). The molecule has 2 aromatic rings. The molecule has 0 bridgehead atoms. The van der Waals surface area contributed by atoms with E-state index < -0.39 is 10.1 Å². The molecule has 29 heavy (non-hydrogen) atoms. The van der Waals surface area contributed by atoms with Gasteiger partial charge in [0.25, 0.3) is 10.1 Å². The summed E-state index contributed by atoms with van der Waals surface area (Å²) in [5.74, 6) is 0.142. The first-order chi connectivity index (χ1) is 13.6. The third-order valence-corrected chi connectivity index (χ3v) is 6.43. The number of benzene rings is 2. The molecule has 7 heteroatoms. The van der Waals surface area contributed by atoms with Gasteiger partial charge in [-0.1, -0.05) is 48.0 Å². The maximum atomic E-state index is 11.8. The lowest BCUT2D eigenvalue weighted by molar-refractivity contribution is -0.135. The number of aryl methyl sites for hydroxylation is 1. The first-order valence-corrected chi connectivity index (χ1v) is 11.0. The lowest BCUT2D eigenvalue weighted by atomic mass is 9.79. The summed E-state index contributed by atoms with van der Waals surface area (Å²) in [6, 6.07) is 16.4. The Morgan fingerprint density at radius 2 is 1.55 bits per heavy atom. The highest BCUT2D eigenvalue weighted by Crippen LogP contribution is 2.37. The van der Waals surface area contributed by atoms with Gasteiger partial charge in [0.1, 0.15) is 0 Å². The summed E-state index contributed by atoms with van der Waals surface area (Å²) >= 11 is 0. The minimum atomic E-state index is -4.02. The van der Waals surface area contributed by atoms with Crippen LogP contribution in [0.1, 0.15) is 30.9 Å². The van der Waals surface area contributed by atoms with Crippen LogP contribution < -0.4 is 0 Å². The van der Waals surface area contributed by atoms with Gasteiger partial charge in [-0.15, -0.1) is 0 Å². The molecule has 1 heterocycles. The van der Waals surface area contributed by atoms with Crippen molar-refractivity contribution in [3.05, 3.63) is 65.7 Å². The van der Waals surface area contributed by atoms with Gasteiger partial charge < -0.3 is 9.80 Å². The number of carbonyl (C=O) groups is 1. The SMILES string of the molecule is CC(=O)N(C)C1(c2ccccc2)CCN(C)CC1.Cc1ccc(S(=O)(=O)O)cc1. The van der Waals surface area contributed by atoms with E-state index in [1.54, 1.807) is 19.1 Å². The molecule has 1 fully saturated rings. The summed E-state index contributed by atoms with van der Waals surface area (Å²) in [6.45, 7) is 5.57. The third-order valence-electron chi connectivity index (χ3n) is 5.56. The molecule has 1 saturated heterocycles. The van der Waals surface area contributed by atoms with Gasteiger partial charge in [0.15, 0.2) is 0 Å². The van der Waals surface area contributed by atoms with Gasteiger partial charge in [-0.3, -0.25) is 9.35 Å². The number of likely N-dealkylation sites (tertiary alicyclic amines) is 1. The highest BCUT2D eigenvalue weighted by molar-refractivity contribution is 7.85. The monoisotopic (exact) mass is 418 g/mol. The Morgan fingerprint density at radius 3 is 2.00 bits per heavy atom. The van der Waals surface area contributed by atoms with Crippen LogP contribution in [0.25, 0.3) is 0 Å². The molecule has 1 N–H and O–H groups in total. The molecule has 1 aliphatic heterocycles. The van der Waals surface area contributed by atoms with Crippen molar-refractivity contribution in [3.63, 3.8) is 0 Å². The number of piperidine rings is 1. The second kappa shape index (κ2) is 9.52. The van der Waals surface area contributed by atoms with E-state index in [0.29, 0.717) is 0 Å². The first kappa shape index (κ1) is 23.1. The van der Waals surface area contributed by atoms with Gasteiger partial charge in [0, 0.05) is 27.1 Å². The predicted molar refractivity (Wildman–Crippen MR) is 114 cm³/mol. The van der Waals surface area contributed by atoms with E-state index in [-0.39, 0.29) is 16.3 Å². The van der Waals surface area contributed by atoms with Crippen LogP contribution in [0, 0.1) is 6.92 Å². The van der Waals surface area contributed by atoms with Crippen LogP contribution in [0.4, 0.5) is 0 Å². The molecule has 0 aliphatic carbocycles. The summed E-state index contributed by atoms with van der Waals surface area (Å²) in [7, 11) is 0.0532. The van der Waals surface area contributed by atoms with Crippen molar-refractivity contribution in [2.24, 2.45) is 0 Å². The third kappa shape index (κ3) is 5.88. The van der Waals surface area contributed by atoms with Gasteiger partial charge >= 0.3 is 0 Å². The average Bonchev–Trinajstić information content (AvgIpc) is 2.69. The van der Waals surface area contributed by atoms with E-state index >= 15 is 0 Å². The minimum absolute atomic E-state index is 0.0666. The topological polar surface area (TPSA) is 77.9 Å². The fourth-order valence-electron chi connectivity index (χ4n) is 3.57. The minimum Gasteiger partial charge on any atom is -0.336 e. The maximum Gasteiger partial charge on any atom is 0.294 e. The fourth-order valence-corrected chi connectivity index (χ4v) is 4.05. The van der Waals surface area contributed by atoms with Crippen molar-refractivity contribution < 1.29 is 17.8 Å². The fraction of sp³-hybridized carbons (Fsp3) is 0.409. The van der Waals surface area contributed by atoms with Gasteiger partial charge in [-0.2, -0.15) is 8.42 Å². The first-order valence-electron chi connectivity index (χ1n) is 9.59. The van der Waals surface area contributed by atoms with Crippen LogP contribution in [-0.4, -0.2) is 55.9 Å². The van der Waals surface area contributed by atoms with Crippen LogP contribution in [-0.2, 0) is 20.5 Å². The smallest absolute Gasteiger partial charge is 0.294 e. The van der Waals surface area contributed by atoms with E-state index in [4.69, 9.17) is 4.55 Å². The van der Waals surface area contributed by atoms with Crippen LogP contribution >= 0.6 is 0 Å². The number of hydrogen-bond donors (Lipinski definition) is 1. The predicted octanol–water partition coefficient (Wildman–Crippen LogP) is 3.33. The van der Waals surface area contributed by atoms with E-state index in [2.05, 4.69) is 36.2 Å². The lowest BCUT2D eigenvalue weighted by Gasteiger charge is -2.47. The van der Waals surface area contributed by atoms with Crippen LogP contribution in [0.3, 0.4) is 0 Å². The quantitative estimate of drug-likeness (QED) is 0.774. The molecule has 6 nitrogen and oxygen atoms in total. The Kier molecular flexibility index (Phi) is 7.57. The van der Waals surface area contributed by atoms with E-state index in [0.717, 1.165) is 31.5 Å². The molecule has 0 saturated carbocycles. The zero-order valence-electron chi connectivity index (χ0n) is 17.5. The Morgan fingerprint density at radius 1 is 1.03 bits per heavy atom. The average molecular weight is 419 g/mol. The Balaban J connectivity index is 0.000000234. The van der Waals surface area contributed by atoms with Crippen LogP contribution in [0.2, 0.25) is 0 Å². The molecule has 0 aromatic heterocycles. The maximum absolute atomic E-state index is 11.8. The van der Waals surface area contributed by atoms with Crippen LogP contribution in [0.5, 0.6) is 0 Å². The zero-order valence-corrected chi connectivity index (χ0v) is 18.3. The Hall–Kier alpha value is -2.22. The summed E-state index contributed by atoms with van der Waals surface area (Å²) in [6.07, 6.45) is 2.01. The summed E-state index contributed by atoms with van der Waals surface area (Å²) < 4.78 is 29.6. The van der Waals surface area contributed by atoms with Gasteiger partial charge in [-0.05, 0) is 44.5 Å². The van der Waals surface area contributed by atoms with Gasteiger partial charge in [0.2, 0.25) is 5.91 Å². The second-order valence-electron chi connectivity index (χ2n) is 7.57. The number of nitrogens with zero attached hydrogens (tertiary/aromatic N) is 2. The van der Waals surface area contributed by atoms with Crippen molar-refractivity contribution in [3.8, 4) is 0 Å². The molecule has 1 amide bonds. The highest BCUT2D eigenvalue weighted by Gasteiger charge is 2.40. The van der Waals surface area contributed by atoms with Crippen molar-refractivity contribution in [1.29, 1.82) is 0 Å². The normalized spacial score (nSPS) is 16.4. The molecule has 0 atom stereocenters. The standard InChI is InChI=1S/C15H22N2O.C7H8O3S/c1-13(18)17(3)15(9-11-16(2)12-10-15)14-7-5-4-6-8-14;1-6-2-4-7(5-3-6)11(8,9)10/h4-8H,9-12H2,1-3H3;2-5H,1H3,(H,8,9,10). The molecule has 0 unspecified atom stereocenters. The van der Waals surface area contributed by atoms with Crippen molar-refractivity contribution >= 4 is 16.0 Å². The van der Waals surface area contributed by atoms with Crippen LogP contribution in [0.15, 0.2) is 59.5 Å². The molecule has 2 aromatic carbocycles. The Bertz CT molecular complexity index is 904. The Labute approximate surface area is 173 Å². The highest BCUT2D eigenvalue weighted by atomic mass is 32.2. The van der Waals surface area contributed by atoms with Gasteiger partial charge in [0.05, 0.1) is 10.4 Å². The number of hydrogen-bond acceptors (Lipinski definition) is 4.